The molecule has 0 radical (unpaired) electrons. The molecule has 0 saturated carbocycles. The van der Waals surface area contributed by atoms with Crippen LogP contribution in [0.2, 0.25) is 0 Å². The summed E-state index contributed by atoms with van der Waals surface area (Å²) in [5, 5.41) is 0. The second-order valence-corrected chi connectivity index (χ2v) is 17.1. The number of hydrogen-bond donors (Lipinski definition) is 0. The van der Waals surface area contributed by atoms with E-state index in [0.29, 0.717) is 19.3 Å². The molecule has 0 bridgehead atoms. The third kappa shape index (κ3) is 45.1. The Morgan fingerprint density at radius 2 is 0.579 bits per heavy atom. The van der Waals surface area contributed by atoms with E-state index in [0.717, 1.165) is 64.2 Å². The quantitative estimate of drug-likeness (QED) is 0.0264. The molecule has 6 nitrogen and oxygen atoms in total. The smallest absolute Gasteiger partial charge is 0.306 e. The van der Waals surface area contributed by atoms with Gasteiger partial charge in [0.05, 0.1) is 0 Å². The van der Waals surface area contributed by atoms with E-state index in [1.807, 2.05) is 0 Å². The highest BCUT2D eigenvalue weighted by atomic mass is 16.6. The lowest BCUT2D eigenvalue weighted by Gasteiger charge is -2.18. The topological polar surface area (TPSA) is 78.9 Å². The Kier molecular flexibility index (Phi) is 45.3. The first-order valence-corrected chi connectivity index (χ1v) is 25.2. The number of carbonyl (C=O) groups excluding carboxylic acids is 3. The average Bonchev–Trinajstić information content (AvgIpc) is 3.21. The summed E-state index contributed by atoms with van der Waals surface area (Å²) in [4.78, 5) is 37.9. The summed E-state index contributed by atoms with van der Waals surface area (Å²) in [5.41, 5.74) is 0. The second-order valence-electron chi connectivity index (χ2n) is 17.1. The van der Waals surface area contributed by atoms with E-state index in [1.165, 1.54) is 173 Å². The zero-order valence-corrected chi connectivity index (χ0v) is 38.4. The van der Waals surface area contributed by atoms with E-state index in [9.17, 15) is 14.4 Å². The number of ether oxygens (including phenoxy) is 3. The molecule has 0 heterocycles. The van der Waals surface area contributed by atoms with Crippen molar-refractivity contribution >= 4 is 17.9 Å². The summed E-state index contributed by atoms with van der Waals surface area (Å²) in [7, 11) is 0. The van der Waals surface area contributed by atoms with Crippen LogP contribution in [0.4, 0.5) is 0 Å². The Morgan fingerprint density at radius 1 is 0.333 bits per heavy atom. The minimum absolute atomic E-state index is 0.0675. The third-order valence-electron chi connectivity index (χ3n) is 11.3. The molecule has 57 heavy (non-hydrogen) atoms. The fourth-order valence-electron chi connectivity index (χ4n) is 7.44. The van der Waals surface area contributed by atoms with Crippen LogP contribution in [0.1, 0.15) is 278 Å². The van der Waals surface area contributed by atoms with Gasteiger partial charge in [-0.25, -0.2) is 0 Å². The largest absolute Gasteiger partial charge is 0.462 e. The molecule has 0 aromatic rings. The van der Waals surface area contributed by atoms with Gasteiger partial charge in [-0.3, -0.25) is 14.4 Å². The maximum atomic E-state index is 12.7. The average molecular weight is 805 g/mol. The molecule has 0 aliphatic rings. The zero-order valence-electron chi connectivity index (χ0n) is 38.4. The Hall–Kier alpha value is -1.85. The summed E-state index contributed by atoms with van der Waals surface area (Å²) in [6, 6.07) is 0. The van der Waals surface area contributed by atoms with E-state index < -0.39 is 6.10 Å². The fourth-order valence-corrected chi connectivity index (χ4v) is 7.44. The second kappa shape index (κ2) is 46.8. The van der Waals surface area contributed by atoms with Gasteiger partial charge in [0.2, 0.25) is 0 Å². The molecular formula is C51H96O6. The molecule has 0 rings (SSSR count). The van der Waals surface area contributed by atoms with Gasteiger partial charge in [-0.05, 0) is 44.9 Å². The molecule has 6 heteroatoms. The van der Waals surface area contributed by atoms with Gasteiger partial charge in [0.25, 0.3) is 0 Å². The van der Waals surface area contributed by atoms with E-state index in [1.54, 1.807) is 0 Å². The lowest BCUT2D eigenvalue weighted by Crippen LogP contribution is -2.30. The predicted octanol–water partition coefficient (Wildman–Crippen LogP) is 16.2. The third-order valence-corrected chi connectivity index (χ3v) is 11.3. The van der Waals surface area contributed by atoms with E-state index in [-0.39, 0.29) is 31.1 Å². The summed E-state index contributed by atoms with van der Waals surface area (Å²) in [6.45, 7) is 6.64. The molecule has 0 aliphatic carbocycles. The molecule has 0 unspecified atom stereocenters. The maximum absolute atomic E-state index is 12.7. The highest BCUT2D eigenvalue weighted by Gasteiger charge is 2.19. The Labute approximate surface area is 354 Å². The lowest BCUT2D eigenvalue weighted by atomic mass is 10.0. The van der Waals surface area contributed by atoms with Gasteiger partial charge in [-0.2, -0.15) is 0 Å². The van der Waals surface area contributed by atoms with Crippen LogP contribution in [-0.4, -0.2) is 37.2 Å². The van der Waals surface area contributed by atoms with Crippen LogP contribution in [0, 0.1) is 0 Å². The summed E-state index contributed by atoms with van der Waals surface area (Å²) in [6.07, 6.45) is 50.4. The summed E-state index contributed by atoms with van der Waals surface area (Å²) < 4.78 is 16.8. The van der Waals surface area contributed by atoms with Crippen molar-refractivity contribution in [2.45, 2.75) is 284 Å². The van der Waals surface area contributed by atoms with Crippen LogP contribution in [0.3, 0.4) is 0 Å². The molecule has 336 valence electrons. The molecule has 0 amide bonds. The van der Waals surface area contributed by atoms with Gasteiger partial charge in [0.15, 0.2) is 6.10 Å². The first-order valence-electron chi connectivity index (χ1n) is 25.2. The van der Waals surface area contributed by atoms with Crippen molar-refractivity contribution in [3.05, 3.63) is 12.2 Å². The number of rotatable bonds is 46. The first kappa shape index (κ1) is 55.2. The minimum atomic E-state index is -0.765. The standard InChI is InChI=1S/C51H96O6/c1-4-7-10-13-16-19-22-25-26-27-30-32-35-38-41-44-50(53)56-47-48(57-51(54)45-42-39-36-33-29-24-21-18-15-12-9-6-3)46-55-49(52)43-40-37-34-31-28-23-20-17-14-11-8-5-2/h25-26,48H,4-24,27-47H2,1-3H3/b26-25-/t48-/m0/s1. The molecule has 0 aliphatic heterocycles. The van der Waals surface area contributed by atoms with Gasteiger partial charge < -0.3 is 14.2 Å². The highest BCUT2D eigenvalue weighted by Crippen LogP contribution is 2.16. The molecule has 0 N–H and O–H groups in total. The van der Waals surface area contributed by atoms with Crippen LogP contribution in [-0.2, 0) is 28.6 Å². The van der Waals surface area contributed by atoms with Crippen molar-refractivity contribution in [2.24, 2.45) is 0 Å². The first-order chi connectivity index (χ1) is 28.0. The minimum Gasteiger partial charge on any atom is -0.462 e. The number of unbranched alkanes of at least 4 members (excludes halogenated alkanes) is 33. The number of hydrogen-bond acceptors (Lipinski definition) is 6. The Morgan fingerprint density at radius 3 is 0.877 bits per heavy atom. The Balaban J connectivity index is 4.33. The van der Waals surface area contributed by atoms with Gasteiger partial charge in [-0.15, -0.1) is 0 Å². The molecule has 1 atom stereocenters. The highest BCUT2D eigenvalue weighted by molar-refractivity contribution is 5.71. The molecule has 0 fully saturated rings. The van der Waals surface area contributed by atoms with Gasteiger partial charge in [0, 0.05) is 19.3 Å². The van der Waals surface area contributed by atoms with E-state index in [4.69, 9.17) is 14.2 Å². The molecular weight excluding hydrogens is 709 g/mol. The van der Waals surface area contributed by atoms with Crippen LogP contribution in [0.15, 0.2) is 12.2 Å². The van der Waals surface area contributed by atoms with Crippen molar-refractivity contribution in [3.8, 4) is 0 Å². The SMILES string of the molecule is CCCCCCCC/C=C\CCCCCCCC(=O)OC[C@H](COC(=O)CCCCCCCCCCCCCC)OC(=O)CCCCCCCCCCCCCC. The molecule has 0 aromatic heterocycles. The number of allylic oxidation sites excluding steroid dienone is 2. The molecule has 0 aromatic carbocycles. The van der Waals surface area contributed by atoms with Crippen LogP contribution < -0.4 is 0 Å². The van der Waals surface area contributed by atoms with Crippen LogP contribution >= 0.6 is 0 Å². The van der Waals surface area contributed by atoms with Crippen LogP contribution in [0.5, 0.6) is 0 Å². The lowest BCUT2D eigenvalue weighted by molar-refractivity contribution is -0.167. The van der Waals surface area contributed by atoms with Crippen molar-refractivity contribution in [2.75, 3.05) is 13.2 Å². The maximum Gasteiger partial charge on any atom is 0.306 e. The van der Waals surface area contributed by atoms with Crippen molar-refractivity contribution in [1.82, 2.24) is 0 Å². The number of esters is 3. The monoisotopic (exact) mass is 805 g/mol. The van der Waals surface area contributed by atoms with E-state index >= 15 is 0 Å². The summed E-state index contributed by atoms with van der Waals surface area (Å²) >= 11 is 0. The van der Waals surface area contributed by atoms with Crippen molar-refractivity contribution in [1.29, 1.82) is 0 Å². The molecule has 0 spiro atoms. The fraction of sp³-hybridized carbons (Fsp3) is 0.902. The summed E-state index contributed by atoms with van der Waals surface area (Å²) in [5.74, 6) is -0.862. The van der Waals surface area contributed by atoms with Crippen LogP contribution in [0.25, 0.3) is 0 Å². The van der Waals surface area contributed by atoms with E-state index in [2.05, 4.69) is 32.9 Å². The Bertz CT molecular complexity index is 885. The zero-order chi connectivity index (χ0) is 41.5. The van der Waals surface area contributed by atoms with Crippen molar-refractivity contribution in [3.63, 3.8) is 0 Å². The number of carbonyl (C=O) groups is 3. The predicted molar refractivity (Wildman–Crippen MR) is 243 cm³/mol. The normalized spacial score (nSPS) is 12.0. The van der Waals surface area contributed by atoms with Gasteiger partial charge >= 0.3 is 17.9 Å². The van der Waals surface area contributed by atoms with Gasteiger partial charge in [-0.1, -0.05) is 226 Å². The van der Waals surface area contributed by atoms with Crippen molar-refractivity contribution < 1.29 is 28.6 Å². The molecule has 0 saturated heterocycles. The van der Waals surface area contributed by atoms with Gasteiger partial charge in [0.1, 0.15) is 13.2 Å².